The highest BCUT2D eigenvalue weighted by atomic mass is 19.4. The number of alkyl halides is 3. The lowest BCUT2D eigenvalue weighted by atomic mass is 10.1. The fourth-order valence-corrected chi connectivity index (χ4v) is 1.58. The molecule has 1 unspecified atom stereocenters. The van der Waals surface area contributed by atoms with E-state index in [4.69, 9.17) is 15.2 Å². The zero-order chi connectivity index (χ0) is 16.0. The van der Waals surface area contributed by atoms with E-state index in [2.05, 4.69) is 5.32 Å². The minimum atomic E-state index is -4.59. The first-order valence-corrected chi connectivity index (χ1v) is 6.07. The van der Waals surface area contributed by atoms with Gasteiger partial charge in [-0.05, 0) is 12.1 Å². The third-order valence-corrected chi connectivity index (χ3v) is 2.80. The molecular weight excluding hydrogens is 289 g/mol. The largest absolute Gasteiger partial charge is 0.497 e. The van der Waals surface area contributed by atoms with Crippen molar-refractivity contribution in [2.45, 2.75) is 25.2 Å². The number of hydrogen-bond donors (Lipinski definition) is 2. The summed E-state index contributed by atoms with van der Waals surface area (Å²) >= 11 is 0. The smallest absolute Gasteiger partial charge is 0.404 e. The van der Waals surface area contributed by atoms with Gasteiger partial charge in [-0.25, -0.2) is 0 Å². The molecule has 0 fully saturated rings. The number of carbonyl (C=O) groups excluding carboxylic acids is 1. The maximum absolute atomic E-state index is 12.2. The van der Waals surface area contributed by atoms with E-state index in [0.717, 1.165) is 0 Å². The van der Waals surface area contributed by atoms with Crippen molar-refractivity contribution < 1.29 is 27.4 Å². The lowest BCUT2D eigenvalue weighted by Gasteiger charge is -2.15. The zero-order valence-electron chi connectivity index (χ0n) is 11.7. The van der Waals surface area contributed by atoms with Crippen LogP contribution in [0.4, 0.5) is 13.2 Å². The third-order valence-electron chi connectivity index (χ3n) is 2.80. The standard InChI is InChI=1S/C13H17F3N2O3/c1-20-9-4-3-8(10(5-9)21-2)7-18-12(19)6-11(17)13(14,15)16/h3-5,11H,6-7,17H2,1-2H3,(H,18,19). The number of nitrogens with two attached hydrogens (primary N) is 1. The molecule has 0 saturated heterocycles. The van der Waals surface area contributed by atoms with Crippen molar-refractivity contribution in [1.82, 2.24) is 5.32 Å². The minimum Gasteiger partial charge on any atom is -0.497 e. The molecule has 8 heteroatoms. The number of halogens is 3. The number of methoxy groups -OCH3 is 2. The Balaban J connectivity index is 2.61. The Bertz CT molecular complexity index is 492. The Morgan fingerprint density at radius 2 is 2.00 bits per heavy atom. The molecule has 5 nitrogen and oxygen atoms in total. The molecule has 1 aromatic rings. The van der Waals surface area contributed by atoms with Gasteiger partial charge in [0.2, 0.25) is 5.91 Å². The van der Waals surface area contributed by atoms with E-state index in [1.54, 1.807) is 18.2 Å². The lowest BCUT2D eigenvalue weighted by molar-refractivity contribution is -0.154. The highest BCUT2D eigenvalue weighted by molar-refractivity contribution is 5.76. The summed E-state index contributed by atoms with van der Waals surface area (Å²) in [7, 11) is 2.94. The molecule has 3 N–H and O–H groups in total. The van der Waals surface area contributed by atoms with Crippen molar-refractivity contribution in [3.8, 4) is 11.5 Å². The van der Waals surface area contributed by atoms with Gasteiger partial charge in [0.15, 0.2) is 0 Å². The van der Waals surface area contributed by atoms with Crippen LogP contribution in [0.1, 0.15) is 12.0 Å². The second-order valence-corrected chi connectivity index (χ2v) is 4.31. The maximum atomic E-state index is 12.2. The number of carbonyl (C=O) groups is 1. The Hall–Kier alpha value is -1.96. The Morgan fingerprint density at radius 1 is 1.33 bits per heavy atom. The van der Waals surface area contributed by atoms with Gasteiger partial charge in [-0.1, -0.05) is 0 Å². The van der Waals surface area contributed by atoms with E-state index < -0.39 is 24.5 Å². The predicted octanol–water partition coefficient (Wildman–Crippen LogP) is 1.60. The molecule has 0 spiro atoms. The molecule has 1 amide bonds. The number of amides is 1. The van der Waals surface area contributed by atoms with Crippen molar-refractivity contribution >= 4 is 5.91 Å². The summed E-state index contributed by atoms with van der Waals surface area (Å²) in [5, 5.41) is 2.37. The summed E-state index contributed by atoms with van der Waals surface area (Å²) in [4.78, 5) is 11.4. The van der Waals surface area contributed by atoms with Crippen LogP contribution in [0.15, 0.2) is 18.2 Å². The molecule has 0 aliphatic rings. The number of hydrogen-bond acceptors (Lipinski definition) is 4. The highest BCUT2D eigenvalue weighted by Crippen LogP contribution is 2.24. The van der Waals surface area contributed by atoms with Crippen LogP contribution in [0.2, 0.25) is 0 Å². The topological polar surface area (TPSA) is 73.6 Å². The molecule has 0 radical (unpaired) electrons. The van der Waals surface area contributed by atoms with Crippen molar-refractivity contribution in [1.29, 1.82) is 0 Å². The summed E-state index contributed by atoms with van der Waals surface area (Å²) in [6.45, 7) is 0.0383. The SMILES string of the molecule is COc1ccc(CNC(=O)CC(N)C(F)(F)F)c(OC)c1. The predicted molar refractivity (Wildman–Crippen MR) is 70.0 cm³/mol. The first kappa shape index (κ1) is 17.1. The van der Waals surface area contributed by atoms with Crippen molar-refractivity contribution in [2.75, 3.05) is 14.2 Å². The average molecular weight is 306 g/mol. The van der Waals surface area contributed by atoms with Crippen LogP contribution in [0.3, 0.4) is 0 Å². The van der Waals surface area contributed by atoms with Crippen LogP contribution < -0.4 is 20.5 Å². The van der Waals surface area contributed by atoms with Gasteiger partial charge in [0.05, 0.1) is 20.6 Å². The van der Waals surface area contributed by atoms with E-state index in [-0.39, 0.29) is 6.54 Å². The monoisotopic (exact) mass is 306 g/mol. The second-order valence-electron chi connectivity index (χ2n) is 4.31. The van der Waals surface area contributed by atoms with E-state index >= 15 is 0 Å². The summed E-state index contributed by atoms with van der Waals surface area (Å²) in [6.07, 6.45) is -5.41. The molecule has 0 bridgehead atoms. The van der Waals surface area contributed by atoms with Gasteiger partial charge >= 0.3 is 6.18 Å². The van der Waals surface area contributed by atoms with E-state index in [9.17, 15) is 18.0 Å². The molecule has 21 heavy (non-hydrogen) atoms. The quantitative estimate of drug-likeness (QED) is 0.837. The van der Waals surface area contributed by atoms with E-state index in [1.165, 1.54) is 14.2 Å². The normalized spacial score (nSPS) is 12.7. The molecular formula is C13H17F3N2O3. The number of nitrogens with one attached hydrogen (secondary N) is 1. The van der Waals surface area contributed by atoms with Crippen LogP contribution in [-0.4, -0.2) is 32.3 Å². The highest BCUT2D eigenvalue weighted by Gasteiger charge is 2.37. The van der Waals surface area contributed by atoms with E-state index in [0.29, 0.717) is 17.1 Å². The summed E-state index contributed by atoms with van der Waals surface area (Å²) in [6, 6.07) is 2.76. The number of ether oxygens (including phenoxy) is 2. The summed E-state index contributed by atoms with van der Waals surface area (Å²) in [5.74, 6) is 0.258. The average Bonchev–Trinajstić information content (AvgIpc) is 2.43. The molecule has 0 aliphatic heterocycles. The Labute approximate surface area is 120 Å². The van der Waals surface area contributed by atoms with Crippen LogP contribution in [0.25, 0.3) is 0 Å². The van der Waals surface area contributed by atoms with Crippen LogP contribution >= 0.6 is 0 Å². The van der Waals surface area contributed by atoms with Gasteiger partial charge in [0, 0.05) is 18.2 Å². The molecule has 0 aromatic heterocycles. The minimum absolute atomic E-state index is 0.0383. The zero-order valence-corrected chi connectivity index (χ0v) is 11.7. The van der Waals surface area contributed by atoms with Gasteiger partial charge in [0.25, 0.3) is 0 Å². The Morgan fingerprint density at radius 3 is 2.52 bits per heavy atom. The Kier molecular flexibility index (Phi) is 5.83. The third kappa shape index (κ3) is 5.14. The number of rotatable bonds is 6. The van der Waals surface area contributed by atoms with Gasteiger partial charge in [-0.2, -0.15) is 13.2 Å². The van der Waals surface area contributed by atoms with Gasteiger partial charge in [-0.15, -0.1) is 0 Å². The van der Waals surface area contributed by atoms with Crippen LogP contribution in [-0.2, 0) is 11.3 Å². The molecule has 1 atom stereocenters. The van der Waals surface area contributed by atoms with Gasteiger partial charge < -0.3 is 20.5 Å². The first-order valence-electron chi connectivity index (χ1n) is 6.07. The van der Waals surface area contributed by atoms with Crippen molar-refractivity contribution in [3.63, 3.8) is 0 Å². The number of benzene rings is 1. The fourth-order valence-electron chi connectivity index (χ4n) is 1.58. The molecule has 1 rings (SSSR count). The maximum Gasteiger partial charge on any atom is 0.404 e. The van der Waals surface area contributed by atoms with E-state index in [1.807, 2.05) is 0 Å². The van der Waals surface area contributed by atoms with Crippen LogP contribution in [0.5, 0.6) is 11.5 Å². The lowest BCUT2D eigenvalue weighted by Crippen LogP contribution is -2.41. The fraction of sp³-hybridized carbons (Fsp3) is 0.462. The molecule has 118 valence electrons. The van der Waals surface area contributed by atoms with Gasteiger partial charge in [0.1, 0.15) is 17.5 Å². The first-order chi connectivity index (χ1) is 9.77. The molecule has 0 heterocycles. The van der Waals surface area contributed by atoms with Crippen LogP contribution in [0, 0.1) is 0 Å². The second kappa shape index (κ2) is 7.16. The van der Waals surface area contributed by atoms with Crippen molar-refractivity contribution in [3.05, 3.63) is 23.8 Å². The summed E-state index contributed by atoms with van der Waals surface area (Å²) < 4.78 is 46.8. The molecule has 0 saturated carbocycles. The molecule has 1 aromatic carbocycles. The molecule has 0 aliphatic carbocycles. The van der Waals surface area contributed by atoms with Crippen molar-refractivity contribution in [2.24, 2.45) is 5.73 Å². The van der Waals surface area contributed by atoms with Gasteiger partial charge in [-0.3, -0.25) is 4.79 Å². The summed E-state index contributed by atoms with van der Waals surface area (Å²) in [5.41, 5.74) is 5.51.